The van der Waals surface area contributed by atoms with Crippen molar-refractivity contribution >= 4 is 17.4 Å². The van der Waals surface area contributed by atoms with Crippen LogP contribution in [0.2, 0.25) is 5.02 Å². The van der Waals surface area contributed by atoms with Crippen molar-refractivity contribution in [2.45, 2.75) is 19.3 Å². The molecule has 0 bridgehead atoms. The molecule has 3 heteroatoms. The molecule has 0 saturated heterocycles. The monoisotopic (exact) mass is 286 g/mol. The van der Waals surface area contributed by atoms with Gasteiger partial charge in [0.25, 0.3) is 0 Å². The average Bonchev–Trinajstić information content (AvgIpc) is 2.84. The molecule has 3 rings (SSSR count). The van der Waals surface area contributed by atoms with Gasteiger partial charge in [-0.3, -0.25) is 4.79 Å². The Kier molecular flexibility index (Phi) is 3.75. The summed E-state index contributed by atoms with van der Waals surface area (Å²) < 4.78 is 5.85. The Morgan fingerprint density at radius 1 is 1.05 bits per heavy atom. The van der Waals surface area contributed by atoms with Crippen molar-refractivity contribution in [1.29, 1.82) is 0 Å². The van der Waals surface area contributed by atoms with Crippen LogP contribution in [0.15, 0.2) is 42.5 Å². The Labute approximate surface area is 123 Å². The van der Waals surface area contributed by atoms with Crippen LogP contribution in [0.25, 0.3) is 0 Å². The summed E-state index contributed by atoms with van der Waals surface area (Å²) in [5, 5.41) is 0.744. The van der Waals surface area contributed by atoms with Gasteiger partial charge in [0.15, 0.2) is 5.78 Å². The molecule has 1 aliphatic rings. The summed E-state index contributed by atoms with van der Waals surface area (Å²) in [5.41, 5.74) is 3.08. The molecule has 0 radical (unpaired) electrons. The van der Waals surface area contributed by atoms with Gasteiger partial charge in [0.2, 0.25) is 0 Å². The molecule has 2 aromatic carbocycles. The first-order valence-corrected chi connectivity index (χ1v) is 7.14. The van der Waals surface area contributed by atoms with Crippen molar-refractivity contribution in [3.8, 4) is 5.75 Å². The van der Waals surface area contributed by atoms with Crippen LogP contribution in [0.4, 0.5) is 0 Å². The predicted octanol–water partition coefficient (Wildman–Crippen LogP) is 4.09. The molecule has 0 atom stereocenters. The molecular weight excluding hydrogens is 272 g/mol. The van der Waals surface area contributed by atoms with Crippen molar-refractivity contribution in [2.24, 2.45) is 0 Å². The quantitative estimate of drug-likeness (QED) is 0.846. The van der Waals surface area contributed by atoms with E-state index in [2.05, 4.69) is 0 Å². The lowest BCUT2D eigenvalue weighted by atomic mass is 10.1. The Balaban J connectivity index is 1.65. The van der Waals surface area contributed by atoms with E-state index in [1.54, 1.807) is 0 Å². The molecule has 0 aromatic heterocycles. The topological polar surface area (TPSA) is 26.3 Å². The lowest BCUT2D eigenvalue weighted by Gasteiger charge is -2.10. The molecular formula is C17H15ClO2. The SMILES string of the molecule is O=C1CCc2c(OCCc3ccc(Cl)cc3)cccc21. The summed E-state index contributed by atoms with van der Waals surface area (Å²) in [6.07, 6.45) is 2.23. The van der Waals surface area contributed by atoms with Crippen LogP contribution in [0.5, 0.6) is 5.75 Å². The van der Waals surface area contributed by atoms with E-state index in [4.69, 9.17) is 16.3 Å². The second kappa shape index (κ2) is 5.68. The van der Waals surface area contributed by atoms with E-state index in [0.717, 1.165) is 34.7 Å². The van der Waals surface area contributed by atoms with E-state index in [1.165, 1.54) is 5.56 Å². The number of ether oxygens (including phenoxy) is 1. The van der Waals surface area contributed by atoms with Gasteiger partial charge < -0.3 is 4.74 Å². The van der Waals surface area contributed by atoms with E-state index < -0.39 is 0 Å². The summed E-state index contributed by atoms with van der Waals surface area (Å²) in [7, 11) is 0. The first kappa shape index (κ1) is 13.2. The van der Waals surface area contributed by atoms with Crippen molar-refractivity contribution in [1.82, 2.24) is 0 Å². The van der Waals surface area contributed by atoms with Crippen LogP contribution >= 0.6 is 11.6 Å². The minimum atomic E-state index is 0.225. The fourth-order valence-corrected chi connectivity index (χ4v) is 2.65. The molecule has 0 aliphatic heterocycles. The second-order valence-corrected chi connectivity index (χ2v) is 5.37. The Bertz CT molecular complexity index is 632. The highest BCUT2D eigenvalue weighted by atomic mass is 35.5. The van der Waals surface area contributed by atoms with E-state index in [-0.39, 0.29) is 5.78 Å². The van der Waals surface area contributed by atoms with Crippen LogP contribution in [0.3, 0.4) is 0 Å². The summed E-state index contributed by atoms with van der Waals surface area (Å²) in [6, 6.07) is 13.5. The molecule has 20 heavy (non-hydrogen) atoms. The van der Waals surface area contributed by atoms with Gasteiger partial charge in [-0.1, -0.05) is 35.9 Å². The number of hydrogen-bond donors (Lipinski definition) is 0. The number of carbonyl (C=O) groups excluding carboxylic acids is 1. The molecule has 0 amide bonds. The molecule has 0 spiro atoms. The third kappa shape index (κ3) is 2.70. The fourth-order valence-electron chi connectivity index (χ4n) is 2.52. The number of hydrogen-bond acceptors (Lipinski definition) is 2. The highest BCUT2D eigenvalue weighted by Crippen LogP contribution is 2.30. The molecule has 0 saturated carbocycles. The molecule has 2 aromatic rings. The highest BCUT2D eigenvalue weighted by Gasteiger charge is 2.22. The van der Waals surface area contributed by atoms with E-state index in [9.17, 15) is 4.79 Å². The largest absolute Gasteiger partial charge is 0.493 e. The maximum Gasteiger partial charge on any atom is 0.163 e. The molecule has 0 heterocycles. The van der Waals surface area contributed by atoms with Crippen LogP contribution in [0.1, 0.15) is 27.9 Å². The molecule has 0 unspecified atom stereocenters. The summed E-state index contributed by atoms with van der Waals surface area (Å²) in [6.45, 7) is 0.603. The first-order valence-electron chi connectivity index (χ1n) is 6.76. The second-order valence-electron chi connectivity index (χ2n) is 4.93. The van der Waals surface area contributed by atoms with Gasteiger partial charge in [0.05, 0.1) is 6.61 Å². The smallest absolute Gasteiger partial charge is 0.163 e. The number of ketones is 1. The van der Waals surface area contributed by atoms with Crippen molar-refractivity contribution in [2.75, 3.05) is 6.61 Å². The van der Waals surface area contributed by atoms with Crippen LogP contribution in [-0.4, -0.2) is 12.4 Å². The van der Waals surface area contributed by atoms with E-state index in [0.29, 0.717) is 13.0 Å². The highest BCUT2D eigenvalue weighted by molar-refractivity contribution is 6.30. The Morgan fingerprint density at radius 3 is 2.65 bits per heavy atom. The zero-order chi connectivity index (χ0) is 13.9. The standard InChI is InChI=1S/C17H15ClO2/c18-13-6-4-12(5-7-13)10-11-20-17-3-1-2-14-15(17)8-9-16(14)19/h1-7H,8-11H2. The van der Waals surface area contributed by atoms with Crippen LogP contribution < -0.4 is 4.74 Å². The summed E-state index contributed by atoms with van der Waals surface area (Å²) >= 11 is 5.86. The van der Waals surface area contributed by atoms with Gasteiger partial charge in [-0.2, -0.15) is 0 Å². The minimum absolute atomic E-state index is 0.225. The van der Waals surface area contributed by atoms with Gasteiger partial charge in [-0.15, -0.1) is 0 Å². The predicted molar refractivity (Wildman–Crippen MR) is 79.7 cm³/mol. The fraction of sp³-hybridized carbons (Fsp3) is 0.235. The molecule has 0 N–H and O–H groups in total. The number of carbonyl (C=O) groups is 1. The molecule has 102 valence electrons. The third-order valence-electron chi connectivity index (χ3n) is 3.60. The average molecular weight is 287 g/mol. The van der Waals surface area contributed by atoms with Crippen molar-refractivity contribution in [3.05, 3.63) is 64.2 Å². The maximum atomic E-state index is 11.7. The van der Waals surface area contributed by atoms with Crippen LogP contribution in [-0.2, 0) is 12.8 Å². The lowest BCUT2D eigenvalue weighted by Crippen LogP contribution is -2.03. The minimum Gasteiger partial charge on any atom is -0.493 e. The van der Waals surface area contributed by atoms with Crippen molar-refractivity contribution in [3.63, 3.8) is 0 Å². The van der Waals surface area contributed by atoms with Gasteiger partial charge in [-0.25, -0.2) is 0 Å². The number of fused-ring (bicyclic) bond motifs is 1. The first-order chi connectivity index (χ1) is 9.74. The van der Waals surface area contributed by atoms with Crippen molar-refractivity contribution < 1.29 is 9.53 Å². The number of benzene rings is 2. The molecule has 2 nitrogen and oxygen atoms in total. The van der Waals surface area contributed by atoms with Gasteiger partial charge in [-0.05, 0) is 30.2 Å². The van der Waals surface area contributed by atoms with Gasteiger partial charge in [0.1, 0.15) is 5.75 Å². The number of halogens is 1. The summed E-state index contributed by atoms with van der Waals surface area (Å²) in [4.78, 5) is 11.7. The number of rotatable bonds is 4. The zero-order valence-electron chi connectivity index (χ0n) is 11.1. The zero-order valence-corrected chi connectivity index (χ0v) is 11.8. The maximum absolute atomic E-state index is 11.7. The Morgan fingerprint density at radius 2 is 1.85 bits per heavy atom. The van der Waals surface area contributed by atoms with E-state index >= 15 is 0 Å². The molecule has 0 fully saturated rings. The normalized spacial score (nSPS) is 13.3. The van der Waals surface area contributed by atoms with Crippen LogP contribution in [0, 0.1) is 0 Å². The third-order valence-corrected chi connectivity index (χ3v) is 3.85. The lowest BCUT2D eigenvalue weighted by molar-refractivity contribution is 0.0994. The number of Topliss-reactive ketones (excluding diaryl/α,β-unsaturated/α-hetero) is 1. The summed E-state index contributed by atoms with van der Waals surface area (Å²) in [5.74, 6) is 1.07. The molecule has 1 aliphatic carbocycles. The van der Waals surface area contributed by atoms with E-state index in [1.807, 2.05) is 42.5 Å². The van der Waals surface area contributed by atoms with Gasteiger partial charge >= 0.3 is 0 Å². The van der Waals surface area contributed by atoms with Gasteiger partial charge in [0, 0.05) is 29.0 Å². The Hall–Kier alpha value is -1.80.